The second-order valence-electron chi connectivity index (χ2n) is 7.46. The molecule has 0 spiro atoms. The van der Waals surface area contributed by atoms with Gasteiger partial charge in [-0.1, -0.05) is 12.1 Å². The number of ether oxygens (including phenoxy) is 2. The van der Waals surface area contributed by atoms with E-state index in [0.29, 0.717) is 22.9 Å². The first kappa shape index (κ1) is 22.7. The fourth-order valence-electron chi connectivity index (χ4n) is 3.48. The molecule has 0 saturated carbocycles. The summed E-state index contributed by atoms with van der Waals surface area (Å²) >= 11 is 0. The average molecular weight is 457 g/mol. The molecule has 8 heteroatoms. The van der Waals surface area contributed by atoms with Crippen LogP contribution in [0.15, 0.2) is 78.0 Å². The largest absolute Gasteiger partial charge is 0.497 e. The van der Waals surface area contributed by atoms with Crippen LogP contribution in [0.4, 0.5) is 5.82 Å². The van der Waals surface area contributed by atoms with E-state index in [0.717, 1.165) is 27.8 Å². The van der Waals surface area contributed by atoms with Crippen LogP contribution < -0.4 is 14.9 Å². The number of nitrogens with one attached hydrogen (secondary N) is 1. The second kappa shape index (κ2) is 10.4. The number of hydrazone groups is 1. The summed E-state index contributed by atoms with van der Waals surface area (Å²) in [7, 11) is 3.22. The van der Waals surface area contributed by atoms with Crippen molar-refractivity contribution in [2.45, 2.75) is 12.8 Å². The van der Waals surface area contributed by atoms with E-state index < -0.39 is 5.97 Å². The van der Waals surface area contributed by atoms with Crippen LogP contribution in [0.25, 0.3) is 22.2 Å². The van der Waals surface area contributed by atoms with Crippen molar-refractivity contribution in [1.82, 2.24) is 9.97 Å². The van der Waals surface area contributed by atoms with E-state index in [-0.39, 0.29) is 12.8 Å². The van der Waals surface area contributed by atoms with Gasteiger partial charge in [-0.05, 0) is 65.7 Å². The standard InChI is InChI=1S/C26H24N4O4/c1-33-20-9-5-17(6-10-20)22-16-19-4-3-15-27-25(19)28-26(22)30-29-23(13-14-24(31)32)18-7-11-21(34-2)12-8-18/h3-12,15-16H,13-14H2,1-2H3,(H,31,32)(H,27,28,30)/b29-23+. The number of nitrogens with zero attached hydrogens (tertiary/aromatic N) is 3. The van der Waals surface area contributed by atoms with Crippen molar-refractivity contribution in [2.24, 2.45) is 5.10 Å². The van der Waals surface area contributed by atoms with Crippen LogP contribution in [0.5, 0.6) is 11.5 Å². The summed E-state index contributed by atoms with van der Waals surface area (Å²) in [6.45, 7) is 0. The van der Waals surface area contributed by atoms with Crippen molar-refractivity contribution >= 4 is 28.5 Å². The minimum Gasteiger partial charge on any atom is -0.497 e. The Labute approximate surface area is 196 Å². The van der Waals surface area contributed by atoms with Crippen molar-refractivity contribution < 1.29 is 19.4 Å². The van der Waals surface area contributed by atoms with Crippen molar-refractivity contribution in [1.29, 1.82) is 0 Å². The van der Waals surface area contributed by atoms with Crippen LogP contribution in [0.2, 0.25) is 0 Å². The van der Waals surface area contributed by atoms with Crippen molar-refractivity contribution in [2.75, 3.05) is 19.6 Å². The molecule has 2 aromatic carbocycles. The van der Waals surface area contributed by atoms with Crippen LogP contribution in [-0.2, 0) is 4.79 Å². The van der Waals surface area contributed by atoms with Gasteiger partial charge in [0.1, 0.15) is 11.5 Å². The number of pyridine rings is 2. The van der Waals surface area contributed by atoms with Crippen molar-refractivity contribution in [3.63, 3.8) is 0 Å². The molecule has 0 aliphatic heterocycles. The Morgan fingerprint density at radius 3 is 2.29 bits per heavy atom. The van der Waals surface area contributed by atoms with E-state index in [1.165, 1.54) is 0 Å². The van der Waals surface area contributed by atoms with Gasteiger partial charge in [0.25, 0.3) is 0 Å². The molecule has 0 amide bonds. The summed E-state index contributed by atoms with van der Waals surface area (Å²) in [6.07, 6.45) is 1.88. The van der Waals surface area contributed by atoms with E-state index in [1.807, 2.05) is 66.7 Å². The fraction of sp³-hybridized carbons (Fsp3) is 0.154. The van der Waals surface area contributed by atoms with Crippen LogP contribution in [0.1, 0.15) is 18.4 Å². The molecule has 0 unspecified atom stereocenters. The highest BCUT2D eigenvalue weighted by atomic mass is 16.5. The number of rotatable bonds is 9. The average Bonchev–Trinajstić information content (AvgIpc) is 2.88. The number of benzene rings is 2. The second-order valence-corrected chi connectivity index (χ2v) is 7.46. The zero-order chi connectivity index (χ0) is 23.9. The first-order valence-corrected chi connectivity index (χ1v) is 10.7. The van der Waals surface area contributed by atoms with Gasteiger partial charge in [0.05, 0.1) is 26.4 Å². The molecule has 4 rings (SSSR count). The number of aliphatic carboxylic acids is 1. The Bertz CT molecular complexity index is 1320. The predicted molar refractivity (Wildman–Crippen MR) is 132 cm³/mol. The van der Waals surface area contributed by atoms with Crippen LogP contribution in [-0.4, -0.2) is 41.0 Å². The third-order valence-corrected chi connectivity index (χ3v) is 5.29. The smallest absolute Gasteiger partial charge is 0.303 e. The number of fused-ring (bicyclic) bond motifs is 1. The number of aromatic nitrogens is 2. The third kappa shape index (κ3) is 5.29. The molecule has 172 valence electrons. The number of methoxy groups -OCH3 is 2. The number of carbonyl (C=O) groups is 1. The molecule has 8 nitrogen and oxygen atoms in total. The Morgan fingerprint density at radius 1 is 0.971 bits per heavy atom. The lowest BCUT2D eigenvalue weighted by Crippen LogP contribution is -2.09. The number of carboxylic acid groups (broad SMARTS) is 1. The van der Waals surface area contributed by atoms with Gasteiger partial charge < -0.3 is 14.6 Å². The molecule has 0 saturated heterocycles. The van der Waals surface area contributed by atoms with Crippen molar-refractivity contribution in [3.8, 4) is 22.6 Å². The Morgan fingerprint density at radius 2 is 1.65 bits per heavy atom. The molecule has 0 aliphatic carbocycles. The van der Waals surface area contributed by atoms with E-state index in [9.17, 15) is 9.90 Å². The van der Waals surface area contributed by atoms with Gasteiger partial charge >= 0.3 is 5.97 Å². The minimum atomic E-state index is -0.895. The van der Waals surface area contributed by atoms with Crippen LogP contribution in [0, 0.1) is 0 Å². The Hall–Kier alpha value is -4.46. The van der Waals surface area contributed by atoms with Gasteiger partial charge in [-0.25, -0.2) is 9.97 Å². The number of carboxylic acids is 1. The minimum absolute atomic E-state index is 0.0510. The molecule has 2 N–H and O–H groups in total. The molecule has 4 aromatic rings. The maximum atomic E-state index is 11.2. The normalized spacial score (nSPS) is 11.3. The van der Waals surface area contributed by atoms with Gasteiger partial charge in [0.15, 0.2) is 11.5 Å². The van der Waals surface area contributed by atoms with Crippen molar-refractivity contribution in [3.05, 3.63) is 78.5 Å². The zero-order valence-corrected chi connectivity index (χ0v) is 18.9. The van der Waals surface area contributed by atoms with Gasteiger partial charge in [-0.3, -0.25) is 10.2 Å². The Kier molecular flexibility index (Phi) is 6.98. The highest BCUT2D eigenvalue weighted by molar-refractivity contribution is 6.02. The number of anilines is 1. The van der Waals surface area contributed by atoms with Gasteiger partial charge in [-0.15, -0.1) is 0 Å². The summed E-state index contributed by atoms with van der Waals surface area (Å²) < 4.78 is 10.5. The van der Waals surface area contributed by atoms with Crippen LogP contribution in [0.3, 0.4) is 0 Å². The highest BCUT2D eigenvalue weighted by Gasteiger charge is 2.12. The monoisotopic (exact) mass is 456 g/mol. The maximum Gasteiger partial charge on any atom is 0.303 e. The van der Waals surface area contributed by atoms with E-state index >= 15 is 0 Å². The molecule has 0 radical (unpaired) electrons. The summed E-state index contributed by atoms with van der Waals surface area (Å²) in [5.41, 5.74) is 6.78. The number of hydrogen-bond acceptors (Lipinski definition) is 7. The van der Waals surface area contributed by atoms with E-state index in [1.54, 1.807) is 20.4 Å². The SMILES string of the molecule is COc1ccc(/C(CCC(=O)O)=N/Nc2nc3ncccc3cc2-c2ccc(OC)cc2)cc1. The molecule has 2 aromatic heterocycles. The first-order valence-electron chi connectivity index (χ1n) is 10.7. The lowest BCUT2D eigenvalue weighted by Gasteiger charge is -2.12. The summed E-state index contributed by atoms with van der Waals surface area (Å²) in [4.78, 5) is 20.3. The fourth-order valence-corrected chi connectivity index (χ4v) is 3.48. The lowest BCUT2D eigenvalue weighted by atomic mass is 10.0. The molecule has 0 atom stereocenters. The van der Waals surface area contributed by atoms with E-state index in [2.05, 4.69) is 20.5 Å². The van der Waals surface area contributed by atoms with E-state index in [4.69, 9.17) is 9.47 Å². The molecule has 0 fully saturated rings. The molecular weight excluding hydrogens is 432 g/mol. The predicted octanol–water partition coefficient (Wildman–Crippen LogP) is 5.00. The summed E-state index contributed by atoms with van der Waals surface area (Å²) in [6, 6.07) is 20.8. The van der Waals surface area contributed by atoms with Crippen LogP contribution >= 0.6 is 0 Å². The summed E-state index contributed by atoms with van der Waals surface area (Å²) in [5.74, 6) is 1.08. The quantitative estimate of drug-likeness (QED) is 0.270. The molecule has 0 aliphatic rings. The zero-order valence-electron chi connectivity index (χ0n) is 18.9. The summed E-state index contributed by atoms with van der Waals surface area (Å²) in [5, 5.41) is 14.7. The molecule has 34 heavy (non-hydrogen) atoms. The lowest BCUT2D eigenvalue weighted by molar-refractivity contribution is -0.136. The first-order chi connectivity index (χ1) is 16.6. The third-order valence-electron chi connectivity index (χ3n) is 5.29. The van der Waals surface area contributed by atoms with Gasteiger partial charge in [0, 0.05) is 23.6 Å². The topological polar surface area (TPSA) is 106 Å². The van der Waals surface area contributed by atoms with Gasteiger partial charge in [0.2, 0.25) is 0 Å². The van der Waals surface area contributed by atoms with Gasteiger partial charge in [-0.2, -0.15) is 5.10 Å². The highest BCUT2D eigenvalue weighted by Crippen LogP contribution is 2.31. The Balaban J connectivity index is 1.75. The maximum absolute atomic E-state index is 11.2. The molecule has 0 bridgehead atoms. The molecular formula is C26H24N4O4. The molecule has 2 heterocycles. The number of hydrogen-bond donors (Lipinski definition) is 2.